The van der Waals surface area contributed by atoms with Crippen LogP contribution in [-0.2, 0) is 0 Å². The summed E-state index contributed by atoms with van der Waals surface area (Å²) in [4.78, 5) is 22.2. The number of piperidine rings is 1. The van der Waals surface area contributed by atoms with Crippen molar-refractivity contribution in [2.45, 2.75) is 12.8 Å². The Morgan fingerprint density at radius 1 is 1.35 bits per heavy atom. The van der Waals surface area contributed by atoms with Crippen molar-refractivity contribution >= 4 is 17.9 Å². The molecule has 2 rings (SSSR count). The average Bonchev–Trinajstić information content (AvgIpc) is 2.41. The normalized spacial score (nSPS) is 15.0. The average molecular weight is 278 g/mol. The molecule has 0 unspecified atom stereocenters. The lowest BCUT2D eigenvalue weighted by molar-refractivity contribution is -0.385. The first-order valence-corrected chi connectivity index (χ1v) is 6.12. The third-order valence-corrected chi connectivity index (χ3v) is 3.24. The zero-order chi connectivity index (χ0) is 14.7. The molecule has 0 bridgehead atoms. The summed E-state index contributed by atoms with van der Waals surface area (Å²) >= 11 is 0. The molecule has 1 aliphatic rings. The smallest absolute Gasteiger partial charge is 0.407 e. The number of phenols is 1. The lowest BCUT2D eigenvalue weighted by Crippen LogP contribution is -2.35. The van der Waals surface area contributed by atoms with Gasteiger partial charge in [-0.25, -0.2) is 4.79 Å². The van der Waals surface area contributed by atoms with Crippen molar-refractivity contribution in [1.29, 1.82) is 0 Å². The summed E-state index contributed by atoms with van der Waals surface area (Å²) in [5.74, 6) is -0.363. The Morgan fingerprint density at radius 3 is 2.55 bits per heavy atom. The number of rotatable bonds is 2. The molecule has 1 aromatic carbocycles. The van der Waals surface area contributed by atoms with Gasteiger partial charge in [0.2, 0.25) is 0 Å². The minimum Gasteiger partial charge on any atom is -0.502 e. The van der Waals surface area contributed by atoms with Gasteiger partial charge in [0.1, 0.15) is 0 Å². The number of carbonyl (C=O) groups is 1. The molecule has 0 radical (unpaired) electrons. The van der Waals surface area contributed by atoms with Crippen molar-refractivity contribution in [3.8, 4) is 5.75 Å². The minimum atomic E-state index is -0.927. The predicted molar refractivity (Wildman–Crippen MR) is 71.6 cm³/mol. The molecule has 0 saturated carbocycles. The van der Waals surface area contributed by atoms with Crippen LogP contribution in [0.5, 0.6) is 5.75 Å². The van der Waals surface area contributed by atoms with Crippen LogP contribution in [0.25, 0.3) is 6.08 Å². The van der Waals surface area contributed by atoms with Gasteiger partial charge in [-0.1, -0.05) is 17.7 Å². The fourth-order valence-corrected chi connectivity index (χ4v) is 2.14. The summed E-state index contributed by atoms with van der Waals surface area (Å²) in [6, 6.07) is 4.20. The van der Waals surface area contributed by atoms with Crippen LogP contribution in [0.15, 0.2) is 23.8 Å². The van der Waals surface area contributed by atoms with E-state index in [4.69, 9.17) is 5.11 Å². The quantitative estimate of drug-likeness (QED) is 0.638. The van der Waals surface area contributed by atoms with Crippen molar-refractivity contribution in [3.63, 3.8) is 0 Å². The van der Waals surface area contributed by atoms with Gasteiger partial charge in [0.15, 0.2) is 5.75 Å². The van der Waals surface area contributed by atoms with Gasteiger partial charge in [-0.3, -0.25) is 10.1 Å². The zero-order valence-corrected chi connectivity index (χ0v) is 10.7. The molecule has 0 spiro atoms. The van der Waals surface area contributed by atoms with E-state index < -0.39 is 11.0 Å². The highest BCUT2D eigenvalue weighted by Crippen LogP contribution is 2.28. The molecular weight excluding hydrogens is 264 g/mol. The molecule has 0 aromatic heterocycles. The second kappa shape index (κ2) is 5.60. The number of hydrogen-bond donors (Lipinski definition) is 2. The van der Waals surface area contributed by atoms with Crippen LogP contribution in [-0.4, -0.2) is 39.2 Å². The number of nitro groups is 1. The lowest BCUT2D eigenvalue weighted by Gasteiger charge is -2.25. The van der Waals surface area contributed by atoms with Crippen LogP contribution < -0.4 is 0 Å². The molecule has 1 fully saturated rings. The standard InChI is InChI=1S/C13H14N2O5/c16-12-2-1-10(8-11(12)15(19)20)7-9-3-5-14(6-4-9)13(17)18/h1-2,7-8,16H,3-6H2,(H,17,18). The number of hydrogen-bond acceptors (Lipinski definition) is 4. The Kier molecular flexibility index (Phi) is 3.88. The fraction of sp³-hybridized carbons (Fsp3) is 0.308. The minimum absolute atomic E-state index is 0.331. The second-order valence-corrected chi connectivity index (χ2v) is 4.58. The van der Waals surface area contributed by atoms with Gasteiger partial charge in [-0.2, -0.15) is 0 Å². The van der Waals surface area contributed by atoms with Gasteiger partial charge in [0, 0.05) is 19.2 Å². The van der Waals surface area contributed by atoms with Crippen LogP contribution in [0.4, 0.5) is 10.5 Å². The SMILES string of the molecule is O=C(O)N1CCC(=Cc2ccc(O)c([N+](=O)[O-])c2)CC1. The molecule has 1 aromatic rings. The number of phenolic OH excluding ortho intramolecular Hbond substituents is 1. The lowest BCUT2D eigenvalue weighted by atomic mass is 10.0. The Morgan fingerprint density at radius 2 is 2.00 bits per heavy atom. The molecule has 106 valence electrons. The Balaban J connectivity index is 2.14. The second-order valence-electron chi connectivity index (χ2n) is 4.58. The van der Waals surface area contributed by atoms with Crippen LogP contribution in [0, 0.1) is 10.1 Å². The van der Waals surface area contributed by atoms with Gasteiger partial charge in [0.25, 0.3) is 0 Å². The predicted octanol–water partition coefficient (Wildman–Crippen LogP) is 2.46. The molecule has 7 heteroatoms. The summed E-state index contributed by atoms with van der Waals surface area (Å²) < 4.78 is 0. The first-order chi connectivity index (χ1) is 9.47. The molecular formula is C13H14N2O5. The number of carboxylic acid groups (broad SMARTS) is 1. The van der Waals surface area contributed by atoms with Crippen LogP contribution in [0.3, 0.4) is 0 Å². The zero-order valence-electron chi connectivity index (χ0n) is 10.7. The molecule has 0 atom stereocenters. The highest BCUT2D eigenvalue weighted by Gasteiger charge is 2.18. The van der Waals surface area contributed by atoms with Gasteiger partial charge < -0.3 is 15.1 Å². The number of aromatic hydroxyl groups is 1. The highest BCUT2D eigenvalue weighted by atomic mass is 16.6. The molecule has 1 saturated heterocycles. The Bertz CT molecular complexity index is 572. The van der Waals surface area contributed by atoms with Crippen molar-refractivity contribution < 1.29 is 19.9 Å². The number of likely N-dealkylation sites (tertiary alicyclic amines) is 1. The van der Waals surface area contributed by atoms with E-state index in [-0.39, 0.29) is 11.4 Å². The third-order valence-electron chi connectivity index (χ3n) is 3.24. The van der Waals surface area contributed by atoms with Gasteiger partial charge in [-0.05, 0) is 24.5 Å². The van der Waals surface area contributed by atoms with Crippen molar-refractivity contribution in [2.75, 3.05) is 13.1 Å². The molecule has 1 heterocycles. The highest BCUT2D eigenvalue weighted by molar-refractivity contribution is 5.66. The molecule has 2 N–H and O–H groups in total. The van der Waals surface area contributed by atoms with Gasteiger partial charge in [-0.15, -0.1) is 0 Å². The van der Waals surface area contributed by atoms with E-state index >= 15 is 0 Å². The van der Waals surface area contributed by atoms with E-state index in [0.29, 0.717) is 31.5 Å². The number of amides is 1. The van der Waals surface area contributed by atoms with E-state index in [9.17, 15) is 20.0 Å². The van der Waals surface area contributed by atoms with E-state index in [1.807, 2.05) is 6.08 Å². The summed E-state index contributed by atoms with van der Waals surface area (Å²) in [6.45, 7) is 0.864. The number of benzene rings is 1. The summed E-state index contributed by atoms with van der Waals surface area (Å²) in [6.07, 6.45) is 2.11. The third kappa shape index (κ3) is 3.05. The van der Waals surface area contributed by atoms with E-state index in [1.165, 1.54) is 17.0 Å². The maximum atomic E-state index is 10.8. The molecule has 0 aliphatic carbocycles. The first-order valence-electron chi connectivity index (χ1n) is 6.12. The Hall–Kier alpha value is -2.57. The van der Waals surface area contributed by atoms with Crippen molar-refractivity contribution in [3.05, 3.63) is 39.4 Å². The fourth-order valence-electron chi connectivity index (χ4n) is 2.14. The topological polar surface area (TPSA) is 104 Å². The molecule has 7 nitrogen and oxygen atoms in total. The Labute approximate surface area is 114 Å². The monoisotopic (exact) mass is 278 g/mol. The van der Waals surface area contributed by atoms with E-state index in [0.717, 1.165) is 5.57 Å². The summed E-state index contributed by atoms with van der Waals surface area (Å²) in [5, 5.41) is 29.0. The molecule has 1 amide bonds. The maximum Gasteiger partial charge on any atom is 0.407 e. The number of nitrogens with zero attached hydrogens (tertiary/aromatic N) is 2. The maximum absolute atomic E-state index is 10.8. The summed E-state index contributed by atoms with van der Waals surface area (Å²) in [5.41, 5.74) is 1.35. The molecule has 20 heavy (non-hydrogen) atoms. The van der Waals surface area contributed by atoms with E-state index in [2.05, 4.69) is 0 Å². The molecule has 1 aliphatic heterocycles. The number of nitro benzene ring substituents is 1. The van der Waals surface area contributed by atoms with E-state index in [1.54, 1.807) is 6.07 Å². The van der Waals surface area contributed by atoms with Crippen LogP contribution >= 0.6 is 0 Å². The van der Waals surface area contributed by atoms with Crippen LogP contribution in [0.2, 0.25) is 0 Å². The summed E-state index contributed by atoms with van der Waals surface area (Å²) in [7, 11) is 0. The van der Waals surface area contributed by atoms with Crippen molar-refractivity contribution in [2.24, 2.45) is 0 Å². The van der Waals surface area contributed by atoms with Crippen molar-refractivity contribution in [1.82, 2.24) is 4.90 Å². The largest absolute Gasteiger partial charge is 0.502 e. The van der Waals surface area contributed by atoms with Crippen LogP contribution in [0.1, 0.15) is 18.4 Å². The first kappa shape index (κ1) is 13.9. The van der Waals surface area contributed by atoms with Gasteiger partial charge in [0.05, 0.1) is 4.92 Å². The van der Waals surface area contributed by atoms with Gasteiger partial charge >= 0.3 is 11.8 Å².